The molecule has 1 N–H and O–H groups in total. The molecule has 21 heavy (non-hydrogen) atoms. The van der Waals surface area contributed by atoms with E-state index in [1.807, 2.05) is 31.7 Å². The summed E-state index contributed by atoms with van der Waals surface area (Å²) in [6, 6.07) is 8.90. The van der Waals surface area contributed by atoms with E-state index in [0.717, 1.165) is 17.4 Å². The zero-order valence-corrected chi connectivity index (χ0v) is 14.1. The predicted octanol–water partition coefficient (Wildman–Crippen LogP) is 3.25. The summed E-state index contributed by atoms with van der Waals surface area (Å²) in [7, 11) is 0. The van der Waals surface area contributed by atoms with Crippen molar-refractivity contribution >= 4 is 39.9 Å². The molecule has 0 saturated carbocycles. The summed E-state index contributed by atoms with van der Waals surface area (Å²) in [5, 5.41) is 11.4. The fourth-order valence-electron chi connectivity index (χ4n) is 1.67. The Bertz CT molecular complexity index is 550. The van der Waals surface area contributed by atoms with Gasteiger partial charge in [0.05, 0.1) is 16.9 Å². The van der Waals surface area contributed by atoms with Gasteiger partial charge in [-0.15, -0.1) is 0 Å². The van der Waals surface area contributed by atoms with Crippen LogP contribution in [0.25, 0.3) is 0 Å². The van der Waals surface area contributed by atoms with Crippen molar-refractivity contribution in [1.29, 1.82) is 5.26 Å². The van der Waals surface area contributed by atoms with Gasteiger partial charge < -0.3 is 10.2 Å². The first-order chi connectivity index (χ1) is 10.0. The Morgan fingerprint density at radius 3 is 2.71 bits per heavy atom. The Hall–Kier alpha value is -1.58. The molecule has 0 spiro atoms. The summed E-state index contributed by atoms with van der Waals surface area (Å²) >= 11 is 6.71. The summed E-state index contributed by atoms with van der Waals surface area (Å²) in [6.45, 7) is 7.56. The monoisotopic (exact) mass is 321 g/mol. The van der Waals surface area contributed by atoms with E-state index in [0.29, 0.717) is 11.3 Å². The SMILES string of the molecule is CCN(CC)C(=S)S[C@H](C)C(=O)Nc1cccc(C#N)c1. The van der Waals surface area contributed by atoms with E-state index in [9.17, 15) is 4.79 Å². The van der Waals surface area contributed by atoms with Crippen LogP contribution in [0.2, 0.25) is 0 Å². The van der Waals surface area contributed by atoms with Crippen LogP contribution in [-0.2, 0) is 4.79 Å². The maximum Gasteiger partial charge on any atom is 0.237 e. The molecule has 1 amide bonds. The molecule has 0 fully saturated rings. The molecule has 6 heteroatoms. The van der Waals surface area contributed by atoms with Crippen LogP contribution in [0.3, 0.4) is 0 Å². The fourth-order valence-corrected chi connectivity index (χ4v) is 3.24. The lowest BCUT2D eigenvalue weighted by Gasteiger charge is -2.22. The van der Waals surface area contributed by atoms with E-state index >= 15 is 0 Å². The number of nitriles is 1. The zero-order chi connectivity index (χ0) is 15.8. The van der Waals surface area contributed by atoms with E-state index in [4.69, 9.17) is 17.5 Å². The first kappa shape index (κ1) is 17.5. The number of thioether (sulfide) groups is 1. The normalized spacial score (nSPS) is 11.3. The third-order valence-electron chi connectivity index (χ3n) is 2.93. The number of nitrogens with zero attached hydrogens (tertiary/aromatic N) is 2. The lowest BCUT2D eigenvalue weighted by molar-refractivity contribution is -0.115. The molecule has 0 aliphatic heterocycles. The Labute approximate surface area is 135 Å². The van der Waals surface area contributed by atoms with E-state index < -0.39 is 0 Å². The maximum absolute atomic E-state index is 12.2. The Morgan fingerprint density at radius 2 is 2.14 bits per heavy atom. The van der Waals surface area contributed by atoms with Gasteiger partial charge in [-0.2, -0.15) is 5.26 Å². The van der Waals surface area contributed by atoms with Gasteiger partial charge in [-0.05, 0) is 39.0 Å². The molecule has 0 aromatic heterocycles. The number of hydrogen-bond donors (Lipinski definition) is 1. The van der Waals surface area contributed by atoms with Crippen molar-refractivity contribution in [3.63, 3.8) is 0 Å². The molecule has 0 saturated heterocycles. The van der Waals surface area contributed by atoms with Crippen molar-refractivity contribution in [3.8, 4) is 6.07 Å². The van der Waals surface area contributed by atoms with Crippen LogP contribution in [0.1, 0.15) is 26.3 Å². The average Bonchev–Trinajstić information content (AvgIpc) is 2.48. The summed E-state index contributed by atoms with van der Waals surface area (Å²) in [6.07, 6.45) is 0. The number of thiocarbonyl (C=S) groups is 1. The van der Waals surface area contributed by atoms with Gasteiger partial charge in [0.25, 0.3) is 0 Å². The minimum Gasteiger partial charge on any atom is -0.358 e. The van der Waals surface area contributed by atoms with Crippen molar-refractivity contribution in [2.45, 2.75) is 26.0 Å². The molecular weight excluding hydrogens is 302 g/mol. The van der Waals surface area contributed by atoms with Crippen LogP contribution in [0.5, 0.6) is 0 Å². The van der Waals surface area contributed by atoms with Gasteiger partial charge in [0.2, 0.25) is 5.91 Å². The molecule has 4 nitrogen and oxygen atoms in total. The summed E-state index contributed by atoms with van der Waals surface area (Å²) in [5.74, 6) is -0.121. The summed E-state index contributed by atoms with van der Waals surface area (Å²) < 4.78 is 0.730. The summed E-state index contributed by atoms with van der Waals surface area (Å²) in [5.41, 5.74) is 1.15. The molecule has 0 heterocycles. The summed E-state index contributed by atoms with van der Waals surface area (Å²) in [4.78, 5) is 14.2. The molecule has 0 bridgehead atoms. The highest BCUT2D eigenvalue weighted by atomic mass is 32.2. The largest absolute Gasteiger partial charge is 0.358 e. The molecule has 0 aliphatic carbocycles. The molecule has 1 atom stereocenters. The van der Waals surface area contributed by atoms with Crippen molar-refractivity contribution in [2.24, 2.45) is 0 Å². The number of nitrogens with one attached hydrogen (secondary N) is 1. The molecule has 0 aliphatic rings. The second-order valence-electron chi connectivity index (χ2n) is 4.38. The third-order valence-corrected chi connectivity index (χ3v) is 4.50. The number of rotatable bonds is 5. The van der Waals surface area contributed by atoms with Gasteiger partial charge in [-0.3, -0.25) is 4.79 Å². The predicted molar refractivity (Wildman–Crippen MR) is 92.4 cm³/mol. The van der Waals surface area contributed by atoms with Gasteiger partial charge in [-0.1, -0.05) is 30.0 Å². The first-order valence-corrected chi connectivity index (χ1v) is 8.07. The van der Waals surface area contributed by atoms with Crippen LogP contribution >= 0.6 is 24.0 Å². The van der Waals surface area contributed by atoms with Gasteiger partial charge in [0.1, 0.15) is 4.32 Å². The van der Waals surface area contributed by atoms with E-state index in [-0.39, 0.29) is 11.2 Å². The number of hydrogen-bond acceptors (Lipinski definition) is 4. The molecule has 0 unspecified atom stereocenters. The smallest absolute Gasteiger partial charge is 0.237 e. The van der Waals surface area contributed by atoms with Gasteiger partial charge in [-0.25, -0.2) is 0 Å². The minimum atomic E-state index is -0.288. The topological polar surface area (TPSA) is 56.1 Å². The Kier molecular flexibility index (Phi) is 7.20. The minimum absolute atomic E-state index is 0.121. The molecular formula is C15H19N3OS2. The van der Waals surface area contributed by atoms with E-state index in [2.05, 4.69) is 5.32 Å². The Morgan fingerprint density at radius 1 is 1.48 bits per heavy atom. The number of benzene rings is 1. The number of anilines is 1. The fraction of sp³-hybridized carbons (Fsp3) is 0.400. The van der Waals surface area contributed by atoms with Crippen LogP contribution in [-0.4, -0.2) is 33.5 Å². The van der Waals surface area contributed by atoms with E-state index in [1.165, 1.54) is 11.8 Å². The lowest BCUT2D eigenvalue weighted by atomic mass is 10.2. The molecule has 1 aromatic carbocycles. The van der Waals surface area contributed by atoms with Gasteiger partial charge in [0, 0.05) is 18.8 Å². The van der Waals surface area contributed by atoms with Crippen LogP contribution in [0.4, 0.5) is 5.69 Å². The van der Waals surface area contributed by atoms with Crippen LogP contribution in [0.15, 0.2) is 24.3 Å². The van der Waals surface area contributed by atoms with E-state index in [1.54, 1.807) is 24.3 Å². The number of carbonyl (C=O) groups excluding carboxylic acids is 1. The number of carbonyl (C=O) groups is 1. The van der Waals surface area contributed by atoms with Crippen molar-refractivity contribution in [1.82, 2.24) is 4.90 Å². The number of amides is 1. The molecule has 112 valence electrons. The quantitative estimate of drug-likeness (QED) is 0.844. The van der Waals surface area contributed by atoms with Crippen molar-refractivity contribution in [2.75, 3.05) is 18.4 Å². The Balaban J connectivity index is 2.62. The van der Waals surface area contributed by atoms with Gasteiger partial charge >= 0.3 is 0 Å². The first-order valence-electron chi connectivity index (χ1n) is 6.78. The highest BCUT2D eigenvalue weighted by Gasteiger charge is 2.18. The lowest BCUT2D eigenvalue weighted by Crippen LogP contribution is -2.31. The van der Waals surface area contributed by atoms with Crippen LogP contribution < -0.4 is 5.32 Å². The molecule has 1 rings (SSSR count). The highest BCUT2D eigenvalue weighted by Crippen LogP contribution is 2.18. The maximum atomic E-state index is 12.2. The zero-order valence-electron chi connectivity index (χ0n) is 12.4. The van der Waals surface area contributed by atoms with Gasteiger partial charge in [0.15, 0.2) is 0 Å². The standard InChI is InChI=1S/C15H19N3OS2/c1-4-18(5-2)15(20)21-11(3)14(19)17-13-8-6-7-12(9-13)10-16/h6-9,11H,4-5H2,1-3H3,(H,17,19)/t11-/m1/s1. The second-order valence-corrected chi connectivity index (χ2v) is 6.35. The van der Waals surface area contributed by atoms with Crippen molar-refractivity contribution < 1.29 is 4.79 Å². The average molecular weight is 321 g/mol. The molecule has 1 aromatic rings. The molecule has 0 radical (unpaired) electrons. The van der Waals surface area contributed by atoms with Crippen LogP contribution in [0, 0.1) is 11.3 Å². The second kappa shape index (κ2) is 8.65. The highest BCUT2D eigenvalue weighted by molar-refractivity contribution is 8.23. The van der Waals surface area contributed by atoms with Crippen molar-refractivity contribution in [3.05, 3.63) is 29.8 Å². The third kappa shape index (κ3) is 5.37.